The van der Waals surface area contributed by atoms with E-state index in [0.717, 1.165) is 54.3 Å². The Kier molecular flexibility index (Phi) is 12.7. The van der Waals surface area contributed by atoms with Crippen LogP contribution in [0.5, 0.6) is 0 Å². The standard InChI is InChI=1S/C50H48N6S8Si/c1-5-9-13-29(7-3)27-65(28-30(8-4)14-10-6-2)41-23-39(31-25-51-45(47-43(31)53-63-55-47)37-19-17-35(59-37)33-15-11-21-57-33)61-49(41)50-42(65)24-40(62-50)32-26-52-46(48-44(32)54-64-56-48)38-20-18-36(60-38)34-16-12-22-58-34/h11-12,15-26,29-30H,5-10,13-14,27-28H2,1-4H3. The van der Waals surface area contributed by atoms with Crippen LogP contribution in [0.25, 0.3) is 93.4 Å². The molecule has 330 valence electrons. The zero-order valence-corrected chi connectivity index (χ0v) is 44.3. The second-order valence-electron chi connectivity index (χ2n) is 17.3. The molecule has 15 heteroatoms. The lowest BCUT2D eigenvalue weighted by Gasteiger charge is -2.35. The summed E-state index contributed by atoms with van der Waals surface area (Å²) in [5, 5.41) is 7.59. The number of rotatable bonds is 18. The summed E-state index contributed by atoms with van der Waals surface area (Å²) in [6.07, 6.45) is 14.3. The summed E-state index contributed by atoms with van der Waals surface area (Å²) < 4.78 is 19.8. The van der Waals surface area contributed by atoms with E-state index in [2.05, 4.69) is 112 Å². The molecule has 0 spiro atoms. The molecule has 0 bridgehead atoms. The summed E-state index contributed by atoms with van der Waals surface area (Å²) in [6, 6.07) is 25.3. The summed E-state index contributed by atoms with van der Waals surface area (Å²) in [5.41, 5.74) is 7.81. The zero-order valence-electron chi connectivity index (χ0n) is 36.8. The fourth-order valence-corrected chi connectivity index (χ4v) is 25.2. The highest BCUT2D eigenvalue weighted by molar-refractivity contribution is 7.32. The molecule has 0 N–H and O–H groups in total. The van der Waals surface area contributed by atoms with E-state index in [1.807, 2.05) is 22.7 Å². The fourth-order valence-electron chi connectivity index (χ4n) is 9.93. The van der Waals surface area contributed by atoms with Gasteiger partial charge in [0, 0.05) is 62.5 Å². The molecular formula is C50H48N6S8Si. The van der Waals surface area contributed by atoms with Crippen molar-refractivity contribution in [3.8, 4) is 71.3 Å². The van der Waals surface area contributed by atoms with Crippen LogP contribution in [-0.4, -0.2) is 35.5 Å². The second-order valence-corrected chi connectivity index (χ2v) is 28.6. The number of unbranched alkanes of at least 4 members (excludes halogenated alkanes) is 2. The van der Waals surface area contributed by atoms with Crippen molar-refractivity contribution in [3.63, 3.8) is 0 Å². The van der Waals surface area contributed by atoms with Crippen molar-refractivity contribution in [1.29, 1.82) is 0 Å². The number of hydrogen-bond donors (Lipinski definition) is 0. The smallest absolute Gasteiger partial charge is 0.132 e. The average molecular weight is 1020 g/mol. The molecule has 65 heavy (non-hydrogen) atoms. The molecule has 0 aliphatic carbocycles. The van der Waals surface area contributed by atoms with Gasteiger partial charge in [-0.25, -0.2) is 0 Å². The normalized spacial score (nSPS) is 14.2. The Labute approximate surface area is 413 Å². The number of pyridine rings is 2. The van der Waals surface area contributed by atoms with Crippen molar-refractivity contribution >= 4 is 132 Å². The number of thiophene rings is 6. The average Bonchev–Trinajstić information content (AvgIpc) is 4.16. The van der Waals surface area contributed by atoms with Crippen molar-refractivity contribution in [3.05, 3.63) is 83.8 Å². The maximum Gasteiger partial charge on any atom is 0.132 e. The number of hydrogen-bond acceptors (Lipinski definition) is 14. The fraction of sp³-hybridized carbons (Fsp3) is 0.320. The van der Waals surface area contributed by atoms with Gasteiger partial charge in [0.2, 0.25) is 0 Å². The minimum Gasteiger partial charge on any atom is -0.252 e. The van der Waals surface area contributed by atoms with Crippen LogP contribution in [0, 0.1) is 11.8 Å². The number of fused-ring (bicyclic) bond motifs is 5. The molecule has 11 heterocycles. The molecule has 1 aliphatic rings. The molecule has 0 radical (unpaired) electrons. The molecule has 10 aromatic rings. The SMILES string of the molecule is CCCCC(CC)C[Si]1(CC(CC)CCCC)c2cc(-c3cnc(-c4ccc(-c5cccs5)s4)c4nsnc34)sc2-c2sc(-c3cnc(-c4ccc(-c5cccs5)s4)c4nsnc34)cc21. The first kappa shape index (κ1) is 43.9. The van der Waals surface area contributed by atoms with Gasteiger partial charge in [0.25, 0.3) is 0 Å². The van der Waals surface area contributed by atoms with Gasteiger partial charge in [-0.1, -0.05) is 91.2 Å². The molecule has 0 saturated carbocycles. The lowest BCUT2D eigenvalue weighted by Crippen LogP contribution is -2.56. The molecule has 0 aromatic carbocycles. The third-order valence-corrected chi connectivity index (χ3v) is 27.0. The van der Waals surface area contributed by atoms with E-state index in [1.165, 1.54) is 126 Å². The van der Waals surface area contributed by atoms with Crippen molar-refractivity contribution in [2.24, 2.45) is 11.8 Å². The summed E-state index contributed by atoms with van der Waals surface area (Å²) in [7, 11) is -2.32. The van der Waals surface area contributed by atoms with Crippen LogP contribution < -0.4 is 10.4 Å². The summed E-state index contributed by atoms with van der Waals surface area (Å²) in [4.78, 5) is 23.3. The second kappa shape index (κ2) is 18.8. The van der Waals surface area contributed by atoms with Crippen molar-refractivity contribution in [2.45, 2.75) is 91.1 Å². The Morgan fingerprint density at radius 3 is 1.35 bits per heavy atom. The van der Waals surface area contributed by atoms with Crippen molar-refractivity contribution in [1.82, 2.24) is 27.5 Å². The monoisotopic (exact) mass is 1020 g/mol. The van der Waals surface area contributed by atoms with Crippen LogP contribution >= 0.6 is 91.5 Å². The minimum atomic E-state index is -2.32. The highest BCUT2D eigenvalue weighted by Crippen LogP contribution is 2.51. The van der Waals surface area contributed by atoms with Gasteiger partial charge in [0.1, 0.15) is 41.5 Å². The van der Waals surface area contributed by atoms with Gasteiger partial charge in [-0.05, 0) is 93.6 Å². The van der Waals surface area contributed by atoms with Gasteiger partial charge >= 0.3 is 0 Å². The third-order valence-electron chi connectivity index (χ3n) is 13.4. The predicted molar refractivity (Wildman–Crippen MR) is 291 cm³/mol. The van der Waals surface area contributed by atoms with Gasteiger partial charge < -0.3 is 0 Å². The lowest BCUT2D eigenvalue weighted by molar-refractivity contribution is 0.469. The quantitative estimate of drug-likeness (QED) is 0.0797. The maximum absolute atomic E-state index is 5.21. The first-order valence-electron chi connectivity index (χ1n) is 22.8. The van der Waals surface area contributed by atoms with Crippen molar-refractivity contribution < 1.29 is 0 Å². The lowest BCUT2D eigenvalue weighted by atomic mass is 10.0. The van der Waals surface area contributed by atoms with Gasteiger partial charge in [0.05, 0.1) is 33.2 Å². The number of aromatic nitrogens is 6. The molecule has 10 aromatic heterocycles. The van der Waals surface area contributed by atoms with Gasteiger partial charge in [-0.2, -0.15) is 17.5 Å². The van der Waals surface area contributed by atoms with Crippen LogP contribution in [0.4, 0.5) is 0 Å². The minimum absolute atomic E-state index is 0.691. The third kappa shape index (κ3) is 7.99. The number of nitrogens with zero attached hydrogens (tertiary/aromatic N) is 6. The van der Waals surface area contributed by atoms with Gasteiger partial charge in [-0.15, -0.1) is 68.0 Å². The molecule has 0 amide bonds. The molecule has 1 aliphatic heterocycles. The Balaban J connectivity index is 1.05. The summed E-state index contributed by atoms with van der Waals surface area (Å²) in [6.45, 7) is 9.59. The highest BCUT2D eigenvalue weighted by Gasteiger charge is 2.50. The Morgan fingerprint density at radius 1 is 0.492 bits per heavy atom. The van der Waals surface area contributed by atoms with Gasteiger partial charge in [0.15, 0.2) is 0 Å². The molecule has 2 atom stereocenters. The highest BCUT2D eigenvalue weighted by atomic mass is 32.1. The van der Waals surface area contributed by atoms with E-state index in [0.29, 0.717) is 11.8 Å². The zero-order chi connectivity index (χ0) is 44.1. The largest absolute Gasteiger partial charge is 0.252 e. The maximum atomic E-state index is 5.21. The van der Waals surface area contributed by atoms with Crippen LogP contribution in [0.1, 0.15) is 79.1 Å². The van der Waals surface area contributed by atoms with Gasteiger partial charge in [-0.3, -0.25) is 9.97 Å². The van der Waals surface area contributed by atoms with Crippen molar-refractivity contribution in [2.75, 3.05) is 0 Å². The van der Waals surface area contributed by atoms with E-state index < -0.39 is 8.07 Å². The van der Waals surface area contributed by atoms with Crippen LogP contribution in [0.15, 0.2) is 83.8 Å². The van der Waals surface area contributed by atoms with E-state index in [-0.39, 0.29) is 0 Å². The topological polar surface area (TPSA) is 77.3 Å². The molecule has 11 rings (SSSR count). The van der Waals surface area contributed by atoms with E-state index in [9.17, 15) is 0 Å². The van der Waals surface area contributed by atoms with Crippen LogP contribution in [0.2, 0.25) is 12.1 Å². The Hall–Kier alpha value is -3.64. The molecule has 0 fully saturated rings. The first-order valence-corrected chi connectivity index (χ1v) is 31.7. The summed E-state index contributed by atoms with van der Waals surface area (Å²) >= 11 is 13.7. The van der Waals surface area contributed by atoms with E-state index in [1.54, 1.807) is 55.7 Å². The Bertz CT molecular complexity index is 3000. The first-order chi connectivity index (χ1) is 32.0. The Morgan fingerprint density at radius 2 is 0.938 bits per heavy atom. The predicted octanol–water partition coefficient (Wildman–Crippen LogP) is 16.8. The summed E-state index contributed by atoms with van der Waals surface area (Å²) in [5.74, 6) is 1.38. The van der Waals surface area contributed by atoms with Crippen LogP contribution in [-0.2, 0) is 0 Å². The molecule has 2 unspecified atom stereocenters. The molecule has 6 nitrogen and oxygen atoms in total. The van der Waals surface area contributed by atoms with Crippen LogP contribution in [0.3, 0.4) is 0 Å². The van der Waals surface area contributed by atoms with E-state index in [4.69, 9.17) is 27.5 Å². The molecule has 0 saturated heterocycles. The van der Waals surface area contributed by atoms with E-state index >= 15 is 0 Å². The molecular weight excluding hydrogens is 969 g/mol.